The summed E-state index contributed by atoms with van der Waals surface area (Å²) in [6.07, 6.45) is 5.23. The lowest BCUT2D eigenvalue weighted by atomic mass is 10.4. The van der Waals surface area contributed by atoms with Gasteiger partial charge in [-0.2, -0.15) is 0 Å². The van der Waals surface area contributed by atoms with E-state index in [1.807, 2.05) is 6.08 Å². The second kappa shape index (κ2) is 2.37. The Labute approximate surface area is 47.8 Å². The van der Waals surface area contributed by atoms with Gasteiger partial charge in [0.25, 0.3) is 0 Å². The quantitative estimate of drug-likeness (QED) is 0.367. The van der Waals surface area contributed by atoms with Crippen molar-refractivity contribution in [2.24, 2.45) is 5.84 Å². The highest BCUT2D eigenvalue weighted by Gasteiger charge is 1.90. The molecule has 0 saturated carbocycles. The topological polar surface area (TPSA) is 47.3 Å². The zero-order valence-corrected chi connectivity index (χ0v) is 4.42. The van der Waals surface area contributed by atoms with Crippen LogP contribution in [0.25, 0.3) is 0 Å². The number of nitrogens with one attached hydrogen (secondary N) is 1. The Bertz CT molecular complexity index is 128. The molecular weight excluding hydrogens is 104 g/mol. The molecule has 0 amide bonds. The SMILES string of the molecule is NNC1=CCOC=C1. The minimum atomic E-state index is 0.607. The number of hydrogen-bond acceptors (Lipinski definition) is 3. The summed E-state index contributed by atoms with van der Waals surface area (Å²) in [5.74, 6) is 5.08. The summed E-state index contributed by atoms with van der Waals surface area (Å²) in [6, 6.07) is 0. The molecule has 0 fully saturated rings. The molecule has 3 N–H and O–H groups in total. The Morgan fingerprint density at radius 1 is 1.75 bits per heavy atom. The van der Waals surface area contributed by atoms with Gasteiger partial charge in [0, 0.05) is 0 Å². The molecular formula is C5H8N2O. The number of hydrogen-bond donors (Lipinski definition) is 2. The predicted molar refractivity (Wildman–Crippen MR) is 30.5 cm³/mol. The maximum absolute atomic E-state index is 5.08. The van der Waals surface area contributed by atoms with Gasteiger partial charge in [0.1, 0.15) is 6.61 Å². The first-order chi connectivity index (χ1) is 3.93. The number of hydrazine groups is 1. The largest absolute Gasteiger partial charge is 0.497 e. The third-order valence-electron chi connectivity index (χ3n) is 0.910. The highest BCUT2D eigenvalue weighted by molar-refractivity contribution is 5.16. The zero-order chi connectivity index (χ0) is 5.82. The lowest BCUT2D eigenvalue weighted by molar-refractivity contribution is 0.283. The van der Waals surface area contributed by atoms with E-state index in [0.29, 0.717) is 6.61 Å². The molecule has 44 valence electrons. The third kappa shape index (κ3) is 1.01. The minimum Gasteiger partial charge on any atom is -0.497 e. The lowest BCUT2D eigenvalue weighted by Gasteiger charge is -2.05. The Hall–Kier alpha value is -0.960. The van der Waals surface area contributed by atoms with Crippen molar-refractivity contribution in [2.75, 3.05) is 6.61 Å². The summed E-state index contributed by atoms with van der Waals surface area (Å²) < 4.78 is 4.85. The fourth-order valence-corrected chi connectivity index (χ4v) is 0.490. The van der Waals surface area contributed by atoms with E-state index >= 15 is 0 Å². The number of rotatable bonds is 1. The van der Waals surface area contributed by atoms with E-state index in [0.717, 1.165) is 5.70 Å². The van der Waals surface area contributed by atoms with E-state index in [-0.39, 0.29) is 0 Å². The molecule has 0 atom stereocenters. The van der Waals surface area contributed by atoms with Crippen LogP contribution in [-0.2, 0) is 4.74 Å². The van der Waals surface area contributed by atoms with E-state index in [9.17, 15) is 0 Å². The van der Waals surface area contributed by atoms with E-state index in [1.54, 1.807) is 12.3 Å². The molecule has 0 aliphatic carbocycles. The molecule has 1 rings (SSSR count). The van der Waals surface area contributed by atoms with Gasteiger partial charge in [-0.25, -0.2) is 0 Å². The molecule has 0 aromatic carbocycles. The Morgan fingerprint density at radius 3 is 3.00 bits per heavy atom. The van der Waals surface area contributed by atoms with Crippen LogP contribution < -0.4 is 11.3 Å². The van der Waals surface area contributed by atoms with Gasteiger partial charge in [-0.05, 0) is 12.2 Å². The zero-order valence-electron chi connectivity index (χ0n) is 4.42. The monoisotopic (exact) mass is 112 g/mol. The lowest BCUT2D eigenvalue weighted by Crippen LogP contribution is -2.21. The summed E-state index contributed by atoms with van der Waals surface area (Å²) in [7, 11) is 0. The van der Waals surface area contributed by atoms with Crippen LogP contribution in [0.1, 0.15) is 0 Å². The van der Waals surface area contributed by atoms with Crippen LogP contribution in [0.3, 0.4) is 0 Å². The second-order valence-electron chi connectivity index (χ2n) is 1.44. The van der Waals surface area contributed by atoms with Gasteiger partial charge in [0.2, 0.25) is 0 Å². The first-order valence-electron chi connectivity index (χ1n) is 2.38. The van der Waals surface area contributed by atoms with E-state index in [4.69, 9.17) is 10.6 Å². The van der Waals surface area contributed by atoms with Crippen molar-refractivity contribution in [1.29, 1.82) is 0 Å². The fraction of sp³-hybridized carbons (Fsp3) is 0.200. The molecule has 0 aromatic heterocycles. The van der Waals surface area contributed by atoms with Crippen molar-refractivity contribution in [3.8, 4) is 0 Å². The molecule has 0 aromatic rings. The molecule has 3 nitrogen and oxygen atoms in total. The fourth-order valence-electron chi connectivity index (χ4n) is 0.490. The summed E-state index contributed by atoms with van der Waals surface area (Å²) in [5.41, 5.74) is 3.40. The normalized spacial score (nSPS) is 16.9. The van der Waals surface area contributed by atoms with Gasteiger partial charge < -0.3 is 10.2 Å². The van der Waals surface area contributed by atoms with Gasteiger partial charge in [-0.3, -0.25) is 5.84 Å². The highest BCUT2D eigenvalue weighted by Crippen LogP contribution is 1.96. The summed E-state index contributed by atoms with van der Waals surface area (Å²) >= 11 is 0. The minimum absolute atomic E-state index is 0.607. The Morgan fingerprint density at radius 2 is 2.62 bits per heavy atom. The van der Waals surface area contributed by atoms with Crippen molar-refractivity contribution in [3.63, 3.8) is 0 Å². The Kier molecular flexibility index (Phi) is 1.54. The van der Waals surface area contributed by atoms with Crippen LogP contribution in [0, 0.1) is 0 Å². The van der Waals surface area contributed by atoms with E-state index in [1.165, 1.54) is 0 Å². The molecule has 1 aliphatic rings. The van der Waals surface area contributed by atoms with Crippen LogP contribution in [0.5, 0.6) is 0 Å². The van der Waals surface area contributed by atoms with Crippen molar-refractivity contribution in [3.05, 3.63) is 24.1 Å². The van der Waals surface area contributed by atoms with E-state index < -0.39 is 0 Å². The summed E-state index contributed by atoms with van der Waals surface area (Å²) in [4.78, 5) is 0. The van der Waals surface area contributed by atoms with Crippen molar-refractivity contribution in [2.45, 2.75) is 0 Å². The number of allylic oxidation sites excluding steroid dienone is 1. The average molecular weight is 112 g/mol. The molecule has 0 radical (unpaired) electrons. The van der Waals surface area contributed by atoms with Gasteiger partial charge in [-0.1, -0.05) is 0 Å². The molecule has 0 spiro atoms. The second-order valence-corrected chi connectivity index (χ2v) is 1.44. The third-order valence-corrected chi connectivity index (χ3v) is 0.910. The predicted octanol–water partition coefficient (Wildman–Crippen LogP) is -0.123. The first-order valence-corrected chi connectivity index (χ1v) is 2.38. The van der Waals surface area contributed by atoms with Crippen molar-refractivity contribution >= 4 is 0 Å². The maximum atomic E-state index is 5.08. The van der Waals surface area contributed by atoms with Gasteiger partial charge in [0.15, 0.2) is 0 Å². The van der Waals surface area contributed by atoms with Gasteiger partial charge >= 0.3 is 0 Å². The molecule has 3 heteroatoms. The summed E-state index contributed by atoms with van der Waals surface area (Å²) in [5, 5.41) is 0. The molecule has 1 heterocycles. The molecule has 1 aliphatic heterocycles. The smallest absolute Gasteiger partial charge is 0.108 e. The molecule has 0 bridgehead atoms. The summed E-state index contributed by atoms with van der Waals surface area (Å²) in [6.45, 7) is 0.607. The maximum Gasteiger partial charge on any atom is 0.108 e. The van der Waals surface area contributed by atoms with Gasteiger partial charge in [0.05, 0.1) is 12.0 Å². The molecule has 0 saturated heterocycles. The van der Waals surface area contributed by atoms with Crippen molar-refractivity contribution in [1.82, 2.24) is 5.43 Å². The number of ether oxygens (including phenoxy) is 1. The van der Waals surface area contributed by atoms with Crippen LogP contribution in [0.15, 0.2) is 24.1 Å². The first kappa shape index (κ1) is 5.18. The van der Waals surface area contributed by atoms with Crippen LogP contribution >= 0.6 is 0 Å². The van der Waals surface area contributed by atoms with Crippen LogP contribution in [0.4, 0.5) is 0 Å². The van der Waals surface area contributed by atoms with Crippen molar-refractivity contribution < 1.29 is 4.74 Å². The highest BCUT2D eigenvalue weighted by atomic mass is 16.5. The van der Waals surface area contributed by atoms with Gasteiger partial charge in [-0.15, -0.1) is 0 Å². The van der Waals surface area contributed by atoms with E-state index in [2.05, 4.69) is 5.43 Å². The van der Waals surface area contributed by atoms with Crippen LogP contribution in [-0.4, -0.2) is 6.61 Å². The number of nitrogens with two attached hydrogens (primary N) is 1. The molecule has 0 unspecified atom stereocenters. The standard InChI is InChI=1S/C5H8N2O/c6-7-5-1-3-8-4-2-5/h1-3,7H,4,6H2. The molecule has 8 heavy (non-hydrogen) atoms. The Balaban J connectivity index is 2.51. The van der Waals surface area contributed by atoms with Crippen LogP contribution in [0.2, 0.25) is 0 Å². The average Bonchev–Trinajstić information content (AvgIpc) is 1.90.